The van der Waals surface area contributed by atoms with Gasteiger partial charge in [0.2, 0.25) is 0 Å². The van der Waals surface area contributed by atoms with Crippen LogP contribution in [0.3, 0.4) is 0 Å². The van der Waals surface area contributed by atoms with Gasteiger partial charge in [-0.1, -0.05) is 26.7 Å². The van der Waals surface area contributed by atoms with Crippen LogP contribution >= 0.6 is 0 Å². The Morgan fingerprint density at radius 2 is 1.62 bits per heavy atom. The molecule has 2 rings (SSSR count). The summed E-state index contributed by atoms with van der Waals surface area (Å²) in [4.78, 5) is 0. The topological polar surface area (TPSA) is 15.3 Å². The summed E-state index contributed by atoms with van der Waals surface area (Å²) in [7, 11) is 0. The monoisotopic (exact) mass is 224 g/mol. The lowest BCUT2D eigenvalue weighted by Crippen LogP contribution is -2.57. The van der Waals surface area contributed by atoms with Gasteiger partial charge in [-0.15, -0.1) is 0 Å². The molecule has 0 amide bonds. The van der Waals surface area contributed by atoms with E-state index in [0.717, 1.165) is 0 Å². The highest BCUT2D eigenvalue weighted by Gasteiger charge is 2.37. The van der Waals surface area contributed by atoms with Crippen molar-refractivity contribution in [3.05, 3.63) is 0 Å². The molecule has 0 aromatic rings. The Balaban J connectivity index is 1.97. The van der Waals surface area contributed by atoms with Crippen molar-refractivity contribution in [3.63, 3.8) is 0 Å². The maximum absolute atomic E-state index is 3.84. The Labute approximate surface area is 101 Å². The highest BCUT2D eigenvalue weighted by molar-refractivity contribution is 4.91. The number of hydrogen-bond donors (Lipinski definition) is 1. The minimum Gasteiger partial charge on any atom is -0.251 e. The lowest BCUT2D eigenvalue weighted by molar-refractivity contribution is 0.0123. The molecule has 0 aromatic heterocycles. The van der Waals surface area contributed by atoms with Crippen LogP contribution in [0, 0.1) is 5.41 Å². The van der Waals surface area contributed by atoms with Crippen LogP contribution in [-0.4, -0.2) is 23.1 Å². The summed E-state index contributed by atoms with van der Waals surface area (Å²) in [5.74, 6) is 0. The van der Waals surface area contributed by atoms with Crippen molar-refractivity contribution in [2.75, 3.05) is 0 Å². The summed E-state index contributed by atoms with van der Waals surface area (Å²) in [6, 6.07) is 2.11. The molecular weight excluding hydrogens is 196 g/mol. The number of rotatable bonds is 2. The number of hydrazine groups is 1. The third-order valence-corrected chi connectivity index (χ3v) is 4.76. The average molecular weight is 224 g/mol. The quantitative estimate of drug-likeness (QED) is 0.774. The zero-order valence-electron chi connectivity index (χ0n) is 11.4. The van der Waals surface area contributed by atoms with Gasteiger partial charge in [0.25, 0.3) is 0 Å². The first-order valence-electron chi connectivity index (χ1n) is 7.05. The summed E-state index contributed by atoms with van der Waals surface area (Å²) in [5, 5.41) is 2.54. The summed E-state index contributed by atoms with van der Waals surface area (Å²) in [6.45, 7) is 9.56. The second kappa shape index (κ2) is 4.66. The van der Waals surface area contributed by atoms with E-state index in [1.807, 2.05) is 0 Å². The van der Waals surface area contributed by atoms with Gasteiger partial charge >= 0.3 is 0 Å². The predicted molar refractivity (Wildman–Crippen MR) is 69.2 cm³/mol. The van der Waals surface area contributed by atoms with E-state index in [4.69, 9.17) is 0 Å². The van der Waals surface area contributed by atoms with Crippen molar-refractivity contribution in [1.82, 2.24) is 10.4 Å². The SMILES string of the molecule is CC1CCCC(C)N1NC1CCCC1(C)C. The predicted octanol–water partition coefficient (Wildman–Crippen LogP) is 3.33. The molecule has 0 bridgehead atoms. The van der Waals surface area contributed by atoms with Crippen molar-refractivity contribution >= 4 is 0 Å². The van der Waals surface area contributed by atoms with Crippen LogP contribution in [-0.2, 0) is 0 Å². The molecule has 0 spiro atoms. The third-order valence-electron chi connectivity index (χ3n) is 4.76. The Kier molecular flexibility index (Phi) is 3.60. The van der Waals surface area contributed by atoms with Crippen LogP contribution in [0.1, 0.15) is 66.2 Å². The average Bonchev–Trinajstić information content (AvgIpc) is 2.52. The fraction of sp³-hybridized carbons (Fsp3) is 1.00. The van der Waals surface area contributed by atoms with Crippen LogP contribution in [0.4, 0.5) is 0 Å². The van der Waals surface area contributed by atoms with Crippen LogP contribution in [0.25, 0.3) is 0 Å². The minimum absolute atomic E-state index is 0.483. The summed E-state index contributed by atoms with van der Waals surface area (Å²) < 4.78 is 0. The van der Waals surface area contributed by atoms with Crippen molar-refractivity contribution in [2.24, 2.45) is 5.41 Å². The first-order chi connectivity index (χ1) is 7.50. The van der Waals surface area contributed by atoms with Crippen LogP contribution in [0.5, 0.6) is 0 Å². The maximum atomic E-state index is 3.84. The van der Waals surface area contributed by atoms with E-state index in [1.165, 1.54) is 38.5 Å². The largest absolute Gasteiger partial charge is 0.251 e. The molecule has 1 aliphatic heterocycles. The first-order valence-corrected chi connectivity index (χ1v) is 7.05. The van der Waals surface area contributed by atoms with Crippen LogP contribution < -0.4 is 5.43 Å². The lowest BCUT2D eigenvalue weighted by atomic mass is 9.87. The minimum atomic E-state index is 0.483. The van der Waals surface area contributed by atoms with Gasteiger partial charge in [0.05, 0.1) is 0 Å². The van der Waals surface area contributed by atoms with Crippen molar-refractivity contribution in [3.8, 4) is 0 Å². The van der Waals surface area contributed by atoms with E-state index in [1.54, 1.807) is 0 Å². The fourth-order valence-corrected chi connectivity index (χ4v) is 3.42. The second-order valence-electron chi connectivity index (χ2n) is 6.60. The number of nitrogens with one attached hydrogen (secondary N) is 1. The van der Waals surface area contributed by atoms with Gasteiger partial charge in [0, 0.05) is 18.1 Å². The van der Waals surface area contributed by atoms with Gasteiger partial charge in [0.1, 0.15) is 0 Å². The molecule has 94 valence electrons. The molecule has 16 heavy (non-hydrogen) atoms. The summed E-state index contributed by atoms with van der Waals surface area (Å²) >= 11 is 0. The van der Waals surface area contributed by atoms with Crippen molar-refractivity contribution in [2.45, 2.75) is 84.3 Å². The summed E-state index contributed by atoms with van der Waals surface area (Å²) in [6.07, 6.45) is 8.22. The molecule has 1 N–H and O–H groups in total. The van der Waals surface area contributed by atoms with Crippen molar-refractivity contribution < 1.29 is 0 Å². The maximum Gasteiger partial charge on any atom is 0.0266 e. The van der Waals surface area contributed by atoms with E-state index in [9.17, 15) is 0 Å². The molecule has 1 heterocycles. The van der Waals surface area contributed by atoms with E-state index >= 15 is 0 Å². The van der Waals surface area contributed by atoms with E-state index in [0.29, 0.717) is 23.5 Å². The molecule has 0 radical (unpaired) electrons. The van der Waals surface area contributed by atoms with Crippen LogP contribution in [0.15, 0.2) is 0 Å². The summed E-state index contributed by atoms with van der Waals surface area (Å²) in [5.41, 5.74) is 4.32. The van der Waals surface area contributed by atoms with Crippen LogP contribution in [0.2, 0.25) is 0 Å². The molecular formula is C14H28N2. The number of piperidine rings is 1. The standard InChI is InChI=1S/C14H28N2/c1-11-7-5-8-12(2)16(11)15-13-9-6-10-14(13,3)4/h11-13,15H,5-10H2,1-4H3. The third kappa shape index (κ3) is 2.43. The Morgan fingerprint density at radius 3 is 2.12 bits per heavy atom. The van der Waals surface area contributed by atoms with Gasteiger partial charge in [-0.3, -0.25) is 5.43 Å². The second-order valence-corrected chi connectivity index (χ2v) is 6.60. The van der Waals surface area contributed by atoms with Gasteiger partial charge < -0.3 is 0 Å². The molecule has 1 aliphatic carbocycles. The molecule has 2 fully saturated rings. The highest BCUT2D eigenvalue weighted by Crippen LogP contribution is 2.38. The lowest BCUT2D eigenvalue weighted by Gasteiger charge is -2.43. The van der Waals surface area contributed by atoms with Gasteiger partial charge in [0.15, 0.2) is 0 Å². The normalized spacial score (nSPS) is 40.1. The molecule has 1 saturated heterocycles. The van der Waals surface area contributed by atoms with E-state index in [2.05, 4.69) is 38.1 Å². The Morgan fingerprint density at radius 1 is 1.00 bits per heavy atom. The zero-order chi connectivity index (χ0) is 11.8. The van der Waals surface area contributed by atoms with Gasteiger partial charge in [-0.2, -0.15) is 0 Å². The zero-order valence-corrected chi connectivity index (χ0v) is 11.4. The molecule has 0 aromatic carbocycles. The van der Waals surface area contributed by atoms with Crippen molar-refractivity contribution in [1.29, 1.82) is 0 Å². The molecule has 3 unspecified atom stereocenters. The number of nitrogens with zero attached hydrogens (tertiary/aromatic N) is 1. The number of hydrogen-bond acceptors (Lipinski definition) is 2. The molecule has 2 nitrogen and oxygen atoms in total. The smallest absolute Gasteiger partial charge is 0.0266 e. The molecule has 2 aliphatic rings. The van der Waals surface area contributed by atoms with E-state index in [-0.39, 0.29) is 0 Å². The molecule has 1 saturated carbocycles. The Hall–Kier alpha value is -0.0800. The molecule has 3 atom stereocenters. The van der Waals surface area contributed by atoms with E-state index < -0.39 is 0 Å². The van der Waals surface area contributed by atoms with Gasteiger partial charge in [-0.25, -0.2) is 5.01 Å². The molecule has 2 heteroatoms. The first kappa shape index (κ1) is 12.4. The highest BCUT2D eigenvalue weighted by atomic mass is 15.5. The Bertz CT molecular complexity index is 227. The van der Waals surface area contributed by atoms with Gasteiger partial charge in [-0.05, 0) is 44.9 Å². The fourth-order valence-electron chi connectivity index (χ4n) is 3.42.